The first-order chi connectivity index (χ1) is 14.7. The molecule has 30 heavy (non-hydrogen) atoms. The summed E-state index contributed by atoms with van der Waals surface area (Å²) in [6, 6.07) is 9.49. The molecule has 1 fully saturated rings. The maximum atomic E-state index is 12.2. The van der Waals surface area contributed by atoms with E-state index in [2.05, 4.69) is 0 Å². The predicted octanol–water partition coefficient (Wildman–Crippen LogP) is 4.11. The number of benzene rings is 2. The molecule has 0 spiro atoms. The third-order valence-corrected chi connectivity index (χ3v) is 6.86. The van der Waals surface area contributed by atoms with E-state index in [1.54, 1.807) is 12.1 Å². The lowest BCUT2D eigenvalue weighted by Crippen LogP contribution is -2.07. The van der Waals surface area contributed by atoms with E-state index < -0.39 is 12.8 Å². The standard InChI is InChI=1S/C24H23NO5/c26-11-18(27)14-6-7-15-17(10-14)25-22(20(15)13-4-2-1-3-5-13)16-8-9-19-23(30-12-29-19)21(16)24(25)28/h6-10,13,24,26,28H,1-5,11-12H2. The van der Waals surface area contributed by atoms with Crippen LogP contribution in [0, 0.1) is 0 Å². The molecule has 6 rings (SSSR count). The van der Waals surface area contributed by atoms with Crippen molar-refractivity contribution in [2.75, 3.05) is 13.4 Å². The van der Waals surface area contributed by atoms with Gasteiger partial charge in [0.05, 0.1) is 16.8 Å². The van der Waals surface area contributed by atoms with E-state index in [9.17, 15) is 15.0 Å². The van der Waals surface area contributed by atoms with Gasteiger partial charge in [-0.15, -0.1) is 0 Å². The number of carbonyl (C=O) groups is 1. The Morgan fingerprint density at radius 3 is 2.70 bits per heavy atom. The van der Waals surface area contributed by atoms with Crippen molar-refractivity contribution in [3.63, 3.8) is 0 Å². The molecule has 0 bridgehead atoms. The monoisotopic (exact) mass is 405 g/mol. The van der Waals surface area contributed by atoms with Crippen molar-refractivity contribution in [2.24, 2.45) is 0 Å². The summed E-state index contributed by atoms with van der Waals surface area (Å²) in [6.45, 7) is -0.380. The number of aliphatic hydroxyl groups is 2. The van der Waals surface area contributed by atoms with E-state index in [4.69, 9.17) is 9.47 Å². The van der Waals surface area contributed by atoms with Gasteiger partial charge in [-0.25, -0.2) is 0 Å². The summed E-state index contributed by atoms with van der Waals surface area (Å²) in [6.07, 6.45) is 5.00. The molecule has 0 amide bonds. The Morgan fingerprint density at radius 1 is 1.07 bits per heavy atom. The summed E-state index contributed by atoms with van der Waals surface area (Å²) in [5.41, 5.74) is 5.25. The summed E-state index contributed by atoms with van der Waals surface area (Å²) in [5.74, 6) is 1.35. The molecule has 6 heteroatoms. The number of Topliss-reactive ketones (excluding diaryl/α,β-unsaturated/α-hetero) is 1. The molecule has 1 aliphatic carbocycles. The predicted molar refractivity (Wildman–Crippen MR) is 111 cm³/mol. The van der Waals surface area contributed by atoms with Gasteiger partial charge < -0.3 is 24.3 Å². The highest BCUT2D eigenvalue weighted by Crippen LogP contribution is 2.55. The molecular weight excluding hydrogens is 382 g/mol. The smallest absolute Gasteiger partial charge is 0.231 e. The van der Waals surface area contributed by atoms with Crippen molar-refractivity contribution in [1.29, 1.82) is 0 Å². The molecule has 3 heterocycles. The highest BCUT2D eigenvalue weighted by atomic mass is 16.7. The molecule has 0 radical (unpaired) electrons. The highest BCUT2D eigenvalue weighted by Gasteiger charge is 2.39. The normalized spacial score (nSPS) is 19.9. The molecule has 3 aliphatic rings. The number of carbonyl (C=O) groups excluding carboxylic acids is 1. The van der Waals surface area contributed by atoms with Gasteiger partial charge in [0.25, 0.3) is 0 Å². The number of ether oxygens (including phenoxy) is 2. The van der Waals surface area contributed by atoms with Gasteiger partial charge in [0.2, 0.25) is 6.79 Å². The highest BCUT2D eigenvalue weighted by molar-refractivity contribution is 6.03. The van der Waals surface area contributed by atoms with Crippen LogP contribution in [0.3, 0.4) is 0 Å². The number of ketones is 1. The van der Waals surface area contributed by atoms with Gasteiger partial charge in [0, 0.05) is 16.5 Å². The second-order valence-corrected chi connectivity index (χ2v) is 8.41. The fourth-order valence-electron chi connectivity index (χ4n) is 5.52. The first kappa shape index (κ1) is 18.0. The van der Waals surface area contributed by atoms with E-state index >= 15 is 0 Å². The van der Waals surface area contributed by atoms with E-state index in [1.807, 2.05) is 22.8 Å². The maximum absolute atomic E-state index is 12.2. The number of nitrogens with zero attached hydrogens (tertiary/aromatic N) is 1. The fourth-order valence-corrected chi connectivity index (χ4v) is 5.52. The van der Waals surface area contributed by atoms with E-state index in [0.29, 0.717) is 23.0 Å². The molecule has 1 aromatic heterocycles. The number of hydrogen-bond donors (Lipinski definition) is 2. The van der Waals surface area contributed by atoms with Crippen LogP contribution in [0.1, 0.15) is 65.7 Å². The zero-order valence-corrected chi connectivity index (χ0v) is 16.6. The number of rotatable bonds is 3. The van der Waals surface area contributed by atoms with Crippen molar-refractivity contribution < 1.29 is 24.5 Å². The second-order valence-electron chi connectivity index (χ2n) is 8.41. The van der Waals surface area contributed by atoms with Crippen molar-refractivity contribution in [1.82, 2.24) is 4.57 Å². The van der Waals surface area contributed by atoms with Gasteiger partial charge >= 0.3 is 0 Å². The Kier molecular flexibility index (Phi) is 3.95. The fraction of sp³-hybridized carbons (Fsp3) is 0.375. The summed E-state index contributed by atoms with van der Waals surface area (Å²) >= 11 is 0. The molecular formula is C24H23NO5. The van der Waals surface area contributed by atoms with Crippen molar-refractivity contribution in [3.05, 3.63) is 47.0 Å². The number of aliphatic hydroxyl groups excluding tert-OH is 2. The Morgan fingerprint density at radius 2 is 1.90 bits per heavy atom. The van der Waals surface area contributed by atoms with Crippen LogP contribution in [0.2, 0.25) is 0 Å². The quantitative estimate of drug-likeness (QED) is 0.641. The van der Waals surface area contributed by atoms with Crippen molar-refractivity contribution >= 4 is 16.7 Å². The second kappa shape index (κ2) is 6.59. The van der Waals surface area contributed by atoms with Gasteiger partial charge in [-0.2, -0.15) is 0 Å². The molecule has 6 nitrogen and oxygen atoms in total. The third kappa shape index (κ3) is 2.35. The first-order valence-electron chi connectivity index (χ1n) is 10.6. The number of aromatic nitrogens is 1. The minimum Gasteiger partial charge on any atom is -0.454 e. The van der Waals surface area contributed by atoms with Crippen LogP contribution in [-0.2, 0) is 0 Å². The Hall–Kier alpha value is -2.83. The van der Waals surface area contributed by atoms with Crippen LogP contribution in [0.15, 0.2) is 30.3 Å². The summed E-state index contributed by atoms with van der Waals surface area (Å²) < 4.78 is 13.2. The van der Waals surface area contributed by atoms with Crippen LogP contribution in [0.4, 0.5) is 0 Å². The molecule has 154 valence electrons. The zero-order chi connectivity index (χ0) is 20.4. The molecule has 2 aromatic carbocycles. The van der Waals surface area contributed by atoms with E-state index in [1.165, 1.54) is 24.8 Å². The maximum Gasteiger partial charge on any atom is 0.231 e. The average Bonchev–Trinajstić information content (AvgIpc) is 3.46. The lowest BCUT2D eigenvalue weighted by Gasteiger charge is -2.23. The minimum atomic E-state index is -0.911. The molecule has 2 aliphatic heterocycles. The molecule has 0 saturated heterocycles. The lowest BCUT2D eigenvalue weighted by atomic mass is 9.81. The Bertz CT molecular complexity index is 1190. The van der Waals surface area contributed by atoms with E-state index in [-0.39, 0.29) is 12.6 Å². The Labute approximate surface area is 173 Å². The summed E-state index contributed by atoms with van der Waals surface area (Å²) in [5, 5.41) is 21.8. The topological polar surface area (TPSA) is 80.9 Å². The molecule has 1 saturated carbocycles. The largest absolute Gasteiger partial charge is 0.454 e. The zero-order valence-electron chi connectivity index (χ0n) is 16.6. The van der Waals surface area contributed by atoms with Gasteiger partial charge in [-0.05, 0) is 42.5 Å². The van der Waals surface area contributed by atoms with Crippen LogP contribution in [-0.4, -0.2) is 34.0 Å². The van der Waals surface area contributed by atoms with Crippen LogP contribution < -0.4 is 9.47 Å². The SMILES string of the molecule is O=C(CO)c1ccc2c(C3CCCCC3)c3n(c2c1)C(O)c1c-3ccc2c1OCO2. The van der Waals surface area contributed by atoms with Gasteiger partial charge in [0.15, 0.2) is 23.5 Å². The van der Waals surface area contributed by atoms with Gasteiger partial charge in [-0.1, -0.05) is 31.4 Å². The molecule has 3 aromatic rings. The third-order valence-electron chi connectivity index (χ3n) is 6.86. The lowest BCUT2D eigenvalue weighted by molar-refractivity contribution is 0.0903. The number of fused-ring (bicyclic) bond motifs is 7. The molecule has 1 atom stereocenters. The minimum absolute atomic E-state index is 0.152. The van der Waals surface area contributed by atoms with Gasteiger partial charge in [0.1, 0.15) is 6.61 Å². The first-order valence-corrected chi connectivity index (χ1v) is 10.6. The summed E-state index contributed by atoms with van der Waals surface area (Å²) in [7, 11) is 0. The average molecular weight is 405 g/mol. The van der Waals surface area contributed by atoms with Gasteiger partial charge in [-0.3, -0.25) is 4.79 Å². The van der Waals surface area contributed by atoms with Crippen LogP contribution >= 0.6 is 0 Å². The summed E-state index contributed by atoms with van der Waals surface area (Å²) in [4.78, 5) is 12.2. The van der Waals surface area contributed by atoms with Crippen molar-refractivity contribution in [3.8, 4) is 22.8 Å². The van der Waals surface area contributed by atoms with Crippen LogP contribution in [0.25, 0.3) is 22.2 Å². The molecule has 2 N–H and O–H groups in total. The van der Waals surface area contributed by atoms with E-state index in [0.717, 1.165) is 40.6 Å². The van der Waals surface area contributed by atoms with Crippen LogP contribution in [0.5, 0.6) is 11.5 Å². The van der Waals surface area contributed by atoms with Crippen molar-refractivity contribution in [2.45, 2.75) is 44.2 Å². The number of hydrogen-bond acceptors (Lipinski definition) is 5. The Balaban J connectivity index is 1.65. The molecule has 1 unspecified atom stereocenters.